The Hall–Kier alpha value is -2.55. The van der Waals surface area contributed by atoms with Crippen LogP contribution in [-0.2, 0) is 11.3 Å². The lowest BCUT2D eigenvalue weighted by Gasteiger charge is -2.09. The van der Waals surface area contributed by atoms with Crippen molar-refractivity contribution in [2.45, 2.75) is 26.8 Å². The minimum absolute atomic E-state index is 0.0967. The molecule has 1 aromatic heterocycles. The Morgan fingerprint density at radius 2 is 2.17 bits per heavy atom. The smallest absolute Gasteiger partial charge is 0.269 e. The molecule has 2 N–H and O–H groups in total. The van der Waals surface area contributed by atoms with Gasteiger partial charge in [-0.2, -0.15) is 4.80 Å². The number of aromatic nitrogens is 4. The van der Waals surface area contributed by atoms with Crippen LogP contribution in [0.4, 0.5) is 5.95 Å². The fourth-order valence-corrected chi connectivity index (χ4v) is 1.95. The maximum atomic E-state index is 11.8. The zero-order valence-corrected chi connectivity index (χ0v) is 13.8. The van der Waals surface area contributed by atoms with Gasteiger partial charge in [0.1, 0.15) is 5.75 Å². The van der Waals surface area contributed by atoms with Gasteiger partial charge in [-0.05, 0) is 42.4 Å². The summed E-state index contributed by atoms with van der Waals surface area (Å²) < 4.78 is 5.44. The largest absolute Gasteiger partial charge is 0.483 e. The highest BCUT2D eigenvalue weighted by atomic mass is 32.1. The van der Waals surface area contributed by atoms with E-state index < -0.39 is 0 Å². The molecule has 0 saturated carbocycles. The molecule has 0 atom stereocenters. The van der Waals surface area contributed by atoms with E-state index in [9.17, 15) is 4.79 Å². The van der Waals surface area contributed by atoms with Crippen molar-refractivity contribution in [1.82, 2.24) is 25.5 Å². The lowest BCUT2D eigenvalue weighted by molar-refractivity contribution is -0.121. The lowest BCUT2D eigenvalue weighted by atomic mass is 10.2. The van der Waals surface area contributed by atoms with Crippen molar-refractivity contribution < 1.29 is 9.53 Å². The van der Waals surface area contributed by atoms with Crippen LogP contribution in [0.1, 0.15) is 18.9 Å². The molecule has 9 heteroatoms. The number of rotatable bonds is 6. The maximum Gasteiger partial charge on any atom is 0.269 e. The van der Waals surface area contributed by atoms with Crippen LogP contribution in [0.3, 0.4) is 0 Å². The number of anilines is 1. The quantitative estimate of drug-likeness (QED) is 0.769. The number of hydrogen-bond acceptors (Lipinski definition) is 6. The normalized spacial score (nSPS) is 10.2. The van der Waals surface area contributed by atoms with Gasteiger partial charge in [-0.1, -0.05) is 30.2 Å². The van der Waals surface area contributed by atoms with Crippen molar-refractivity contribution in [3.63, 3.8) is 0 Å². The van der Waals surface area contributed by atoms with Crippen molar-refractivity contribution in [2.75, 3.05) is 11.9 Å². The third-order valence-electron chi connectivity index (χ3n) is 2.81. The Morgan fingerprint density at radius 1 is 1.39 bits per heavy atom. The van der Waals surface area contributed by atoms with Crippen molar-refractivity contribution in [1.29, 1.82) is 0 Å². The van der Waals surface area contributed by atoms with Crippen LogP contribution in [-0.4, -0.2) is 37.8 Å². The summed E-state index contributed by atoms with van der Waals surface area (Å²) in [6.45, 7) is 4.45. The molecule has 0 fully saturated rings. The Labute approximate surface area is 139 Å². The summed E-state index contributed by atoms with van der Waals surface area (Å²) in [6, 6.07) is 7.46. The number of carbonyl (C=O) groups excluding carboxylic acids is 1. The van der Waals surface area contributed by atoms with Crippen molar-refractivity contribution in [3.05, 3.63) is 29.8 Å². The highest BCUT2D eigenvalue weighted by molar-refractivity contribution is 7.80. The van der Waals surface area contributed by atoms with Crippen molar-refractivity contribution in [2.24, 2.45) is 0 Å². The molecule has 0 saturated heterocycles. The van der Waals surface area contributed by atoms with Gasteiger partial charge in [-0.3, -0.25) is 15.4 Å². The molecule has 0 bridgehead atoms. The van der Waals surface area contributed by atoms with E-state index in [2.05, 4.69) is 26.0 Å². The molecule has 0 spiro atoms. The number of amides is 1. The predicted octanol–water partition coefficient (Wildman–Crippen LogP) is 1.28. The Morgan fingerprint density at radius 3 is 2.91 bits per heavy atom. The van der Waals surface area contributed by atoms with Gasteiger partial charge in [0.05, 0.1) is 6.54 Å². The molecule has 0 radical (unpaired) electrons. The molecule has 2 aromatic rings. The highest BCUT2D eigenvalue weighted by Crippen LogP contribution is 2.15. The monoisotopic (exact) mass is 334 g/mol. The summed E-state index contributed by atoms with van der Waals surface area (Å²) in [7, 11) is 0. The summed E-state index contributed by atoms with van der Waals surface area (Å²) in [5, 5.41) is 17.0. The van der Waals surface area contributed by atoms with E-state index in [1.807, 2.05) is 32.0 Å². The summed E-state index contributed by atoms with van der Waals surface area (Å²) in [4.78, 5) is 13.3. The fraction of sp³-hybridized carbons (Fsp3) is 0.357. The van der Waals surface area contributed by atoms with Crippen LogP contribution >= 0.6 is 12.2 Å². The summed E-state index contributed by atoms with van der Waals surface area (Å²) in [6.07, 6.45) is 0.896. The first-order chi connectivity index (χ1) is 11.1. The average molecular weight is 334 g/mol. The number of thiocarbonyl (C=S) groups is 1. The molecule has 122 valence electrons. The molecule has 2 rings (SSSR count). The second-order valence-electron chi connectivity index (χ2n) is 4.77. The number of para-hydroxylation sites is 1. The topological polar surface area (TPSA) is 94.0 Å². The molecule has 0 aliphatic rings. The Bertz CT molecular complexity index is 687. The highest BCUT2D eigenvalue weighted by Gasteiger charge is 2.09. The zero-order valence-electron chi connectivity index (χ0n) is 12.9. The number of tetrazole rings is 1. The molecule has 1 amide bonds. The summed E-state index contributed by atoms with van der Waals surface area (Å²) in [5.74, 6) is 0.529. The number of benzene rings is 1. The molecule has 1 aromatic carbocycles. The lowest BCUT2D eigenvalue weighted by Crippen LogP contribution is -2.37. The zero-order chi connectivity index (χ0) is 16.7. The van der Waals surface area contributed by atoms with E-state index in [1.165, 1.54) is 4.80 Å². The Kier molecular flexibility index (Phi) is 5.98. The third kappa shape index (κ3) is 5.29. The van der Waals surface area contributed by atoms with E-state index in [0.29, 0.717) is 12.3 Å². The van der Waals surface area contributed by atoms with Gasteiger partial charge in [-0.15, -0.1) is 5.10 Å². The second kappa shape index (κ2) is 8.18. The first-order valence-electron chi connectivity index (χ1n) is 7.15. The molecule has 1 heterocycles. The van der Waals surface area contributed by atoms with Crippen LogP contribution in [0.15, 0.2) is 24.3 Å². The van der Waals surface area contributed by atoms with Gasteiger partial charge in [0.25, 0.3) is 11.9 Å². The van der Waals surface area contributed by atoms with Crippen LogP contribution in [0.2, 0.25) is 0 Å². The maximum absolute atomic E-state index is 11.8. The third-order valence-corrected chi connectivity index (χ3v) is 3.01. The molecule has 23 heavy (non-hydrogen) atoms. The van der Waals surface area contributed by atoms with Gasteiger partial charge < -0.3 is 4.74 Å². The average Bonchev–Trinajstić information content (AvgIpc) is 2.94. The number of nitrogens with zero attached hydrogens (tertiary/aromatic N) is 4. The van der Waals surface area contributed by atoms with E-state index in [0.717, 1.165) is 12.0 Å². The molecule has 0 unspecified atom stereocenters. The van der Waals surface area contributed by atoms with Crippen LogP contribution in [0.25, 0.3) is 0 Å². The minimum Gasteiger partial charge on any atom is -0.483 e. The molecular formula is C14H18N6O2S. The van der Waals surface area contributed by atoms with Gasteiger partial charge in [-0.25, -0.2) is 0 Å². The first kappa shape index (κ1) is 16.8. The molecule has 8 nitrogen and oxygen atoms in total. The van der Waals surface area contributed by atoms with E-state index in [4.69, 9.17) is 17.0 Å². The van der Waals surface area contributed by atoms with E-state index in [-0.39, 0.29) is 23.6 Å². The number of carbonyl (C=O) groups is 1. The van der Waals surface area contributed by atoms with Gasteiger partial charge >= 0.3 is 0 Å². The van der Waals surface area contributed by atoms with Gasteiger partial charge in [0.15, 0.2) is 11.7 Å². The fourth-order valence-electron chi connectivity index (χ4n) is 1.75. The number of ether oxygens (including phenoxy) is 1. The van der Waals surface area contributed by atoms with Crippen LogP contribution < -0.4 is 15.4 Å². The second-order valence-corrected chi connectivity index (χ2v) is 5.17. The van der Waals surface area contributed by atoms with Crippen LogP contribution in [0.5, 0.6) is 5.75 Å². The van der Waals surface area contributed by atoms with Crippen LogP contribution in [0, 0.1) is 6.92 Å². The minimum atomic E-state index is -0.369. The van der Waals surface area contributed by atoms with Crippen molar-refractivity contribution >= 4 is 29.2 Å². The standard InChI is InChI=1S/C14H18N6O2S/c1-3-8-20-18-13(17-19-20)16-14(23)15-12(21)9-22-11-7-5-4-6-10(11)2/h4-7H,3,8-9H2,1-2H3,(H2,15,16,18,21,23). The van der Waals surface area contributed by atoms with E-state index in [1.54, 1.807) is 6.07 Å². The Balaban J connectivity index is 1.78. The predicted molar refractivity (Wildman–Crippen MR) is 89.1 cm³/mol. The first-order valence-corrected chi connectivity index (χ1v) is 7.56. The number of aryl methyl sites for hydroxylation is 2. The number of nitrogens with one attached hydrogen (secondary N) is 2. The molecular weight excluding hydrogens is 316 g/mol. The SMILES string of the molecule is CCCn1nnc(NC(=S)NC(=O)COc2ccccc2C)n1. The summed E-state index contributed by atoms with van der Waals surface area (Å²) in [5.41, 5.74) is 0.956. The van der Waals surface area contributed by atoms with Gasteiger partial charge in [0.2, 0.25) is 0 Å². The van der Waals surface area contributed by atoms with E-state index >= 15 is 0 Å². The molecule has 0 aliphatic heterocycles. The van der Waals surface area contributed by atoms with Crippen molar-refractivity contribution in [3.8, 4) is 5.75 Å². The molecule has 0 aliphatic carbocycles. The summed E-state index contributed by atoms with van der Waals surface area (Å²) >= 11 is 5.03. The van der Waals surface area contributed by atoms with Gasteiger partial charge in [0, 0.05) is 0 Å². The number of hydrogen-bond donors (Lipinski definition) is 2.